The number of nitro groups is 1. The highest BCUT2D eigenvalue weighted by atomic mass is 16.6. The molecule has 30 heavy (non-hydrogen) atoms. The molecule has 9 nitrogen and oxygen atoms in total. The van der Waals surface area contributed by atoms with Crippen LogP contribution in [-0.2, 0) is 11.3 Å². The molecule has 1 fully saturated rings. The van der Waals surface area contributed by atoms with Gasteiger partial charge in [0.1, 0.15) is 12.4 Å². The number of hydrogen-bond acceptors (Lipinski definition) is 7. The Morgan fingerprint density at radius 3 is 2.60 bits per heavy atom. The molecule has 1 aliphatic rings. The van der Waals surface area contributed by atoms with Gasteiger partial charge in [0, 0.05) is 25.3 Å². The lowest BCUT2D eigenvalue weighted by Crippen LogP contribution is -2.23. The van der Waals surface area contributed by atoms with Gasteiger partial charge in [-0.3, -0.25) is 14.9 Å². The number of carbonyl (C=O) groups is 1. The largest absolute Gasteiger partial charge is 0.496 e. The van der Waals surface area contributed by atoms with E-state index in [9.17, 15) is 14.9 Å². The average Bonchev–Trinajstić information content (AvgIpc) is 3.29. The summed E-state index contributed by atoms with van der Waals surface area (Å²) in [6.07, 6.45) is 2.12. The second kappa shape index (κ2) is 9.93. The molecule has 0 saturated carbocycles. The van der Waals surface area contributed by atoms with Gasteiger partial charge in [-0.15, -0.1) is 0 Å². The Kier molecular flexibility index (Phi) is 7.08. The summed E-state index contributed by atoms with van der Waals surface area (Å²) >= 11 is 0. The molecule has 0 bridgehead atoms. The maximum absolute atomic E-state index is 12.6. The maximum Gasteiger partial charge on any atom is 0.270 e. The highest BCUT2D eigenvalue weighted by Gasteiger charge is 2.19. The van der Waals surface area contributed by atoms with E-state index in [0.29, 0.717) is 18.1 Å². The highest BCUT2D eigenvalue weighted by Crippen LogP contribution is 2.29. The van der Waals surface area contributed by atoms with Crippen LogP contribution in [0.2, 0.25) is 0 Å². The van der Waals surface area contributed by atoms with Gasteiger partial charge in [-0.2, -0.15) is 0 Å². The third-order valence-electron chi connectivity index (χ3n) is 4.77. The lowest BCUT2D eigenvalue weighted by molar-refractivity contribution is -0.384. The van der Waals surface area contributed by atoms with Crippen LogP contribution in [0, 0.1) is 10.1 Å². The van der Waals surface area contributed by atoms with Crippen molar-refractivity contribution in [2.24, 2.45) is 0 Å². The van der Waals surface area contributed by atoms with Gasteiger partial charge in [0.2, 0.25) is 0 Å². The van der Waals surface area contributed by atoms with Crippen LogP contribution >= 0.6 is 0 Å². The molecule has 2 aromatic carbocycles. The van der Waals surface area contributed by atoms with Gasteiger partial charge < -0.3 is 24.3 Å². The third kappa shape index (κ3) is 5.18. The summed E-state index contributed by atoms with van der Waals surface area (Å²) in [7, 11) is 2.95. The van der Waals surface area contributed by atoms with Crippen molar-refractivity contribution in [1.82, 2.24) is 5.32 Å². The first-order valence-electron chi connectivity index (χ1n) is 9.53. The quantitative estimate of drug-likeness (QED) is 0.494. The molecule has 0 aromatic heterocycles. The van der Waals surface area contributed by atoms with Gasteiger partial charge in [0.05, 0.1) is 30.8 Å². The average molecular weight is 416 g/mol. The molecule has 1 saturated heterocycles. The summed E-state index contributed by atoms with van der Waals surface area (Å²) < 4.78 is 21.9. The molecule has 0 spiro atoms. The molecular formula is C21H24N2O7. The van der Waals surface area contributed by atoms with Crippen LogP contribution in [0.3, 0.4) is 0 Å². The van der Waals surface area contributed by atoms with Gasteiger partial charge in [-0.25, -0.2) is 0 Å². The fraction of sp³-hybridized carbons (Fsp3) is 0.381. The number of methoxy groups -OCH3 is 2. The predicted octanol–water partition coefficient (Wildman–Crippen LogP) is 3.10. The van der Waals surface area contributed by atoms with Crippen molar-refractivity contribution >= 4 is 11.6 Å². The highest BCUT2D eigenvalue weighted by molar-refractivity contribution is 5.97. The number of rotatable bonds is 9. The fourth-order valence-corrected chi connectivity index (χ4v) is 3.16. The number of benzene rings is 2. The normalized spacial score (nSPS) is 15.5. The smallest absolute Gasteiger partial charge is 0.270 e. The molecule has 1 aliphatic heterocycles. The summed E-state index contributed by atoms with van der Waals surface area (Å²) in [6.45, 7) is 1.42. The molecular weight excluding hydrogens is 392 g/mol. The number of amides is 1. The molecule has 0 radical (unpaired) electrons. The zero-order valence-electron chi connectivity index (χ0n) is 16.9. The Labute approximate surface area is 174 Å². The Hall–Kier alpha value is -3.33. The summed E-state index contributed by atoms with van der Waals surface area (Å²) in [6, 6.07) is 9.25. The van der Waals surface area contributed by atoms with Crippen molar-refractivity contribution in [2.45, 2.75) is 25.5 Å². The third-order valence-corrected chi connectivity index (χ3v) is 4.77. The van der Waals surface area contributed by atoms with Crippen molar-refractivity contribution in [2.75, 3.05) is 27.4 Å². The van der Waals surface area contributed by atoms with Gasteiger partial charge in [-0.1, -0.05) is 6.07 Å². The number of non-ortho nitro benzene ring substituents is 1. The number of hydrogen-bond donors (Lipinski definition) is 1. The van der Waals surface area contributed by atoms with E-state index in [1.807, 2.05) is 6.07 Å². The van der Waals surface area contributed by atoms with Crippen molar-refractivity contribution in [1.29, 1.82) is 0 Å². The molecule has 1 heterocycles. The van der Waals surface area contributed by atoms with Crippen molar-refractivity contribution in [3.63, 3.8) is 0 Å². The molecule has 9 heteroatoms. The SMILES string of the molecule is COc1cc(CNC(=O)c2cc([N+](=O)[O-])ccc2OC)ccc1OCC1CCCO1. The van der Waals surface area contributed by atoms with Crippen LogP contribution in [0.15, 0.2) is 36.4 Å². The minimum atomic E-state index is -0.559. The Morgan fingerprint density at radius 1 is 1.17 bits per heavy atom. The van der Waals surface area contributed by atoms with Crippen LogP contribution < -0.4 is 19.5 Å². The molecule has 1 N–H and O–H groups in total. The standard InChI is InChI=1S/C21H24N2O7/c1-27-18-8-6-15(23(25)26)11-17(18)21(24)22-12-14-5-7-19(20(10-14)28-2)30-13-16-4-3-9-29-16/h5-8,10-11,16H,3-4,9,12-13H2,1-2H3,(H,22,24). The molecule has 0 aliphatic carbocycles. The van der Waals surface area contributed by atoms with Gasteiger partial charge in [0.15, 0.2) is 11.5 Å². The van der Waals surface area contributed by atoms with Crippen LogP contribution in [0.25, 0.3) is 0 Å². The number of carbonyl (C=O) groups excluding carboxylic acids is 1. The minimum absolute atomic E-state index is 0.0928. The minimum Gasteiger partial charge on any atom is -0.496 e. The van der Waals surface area contributed by atoms with Crippen LogP contribution in [-0.4, -0.2) is 44.4 Å². The second-order valence-electron chi connectivity index (χ2n) is 6.76. The Bertz CT molecular complexity index is 910. The zero-order chi connectivity index (χ0) is 21.5. The summed E-state index contributed by atoms with van der Waals surface area (Å²) in [5.41, 5.74) is 0.694. The van der Waals surface area contributed by atoms with E-state index >= 15 is 0 Å². The number of ether oxygens (including phenoxy) is 4. The van der Waals surface area contributed by atoms with Gasteiger partial charge >= 0.3 is 0 Å². The summed E-state index contributed by atoms with van der Waals surface area (Å²) in [5.74, 6) is 0.929. The fourth-order valence-electron chi connectivity index (χ4n) is 3.16. The zero-order valence-corrected chi connectivity index (χ0v) is 16.9. The van der Waals surface area contributed by atoms with Gasteiger partial charge in [-0.05, 0) is 36.6 Å². The molecule has 1 atom stereocenters. The maximum atomic E-state index is 12.6. The second-order valence-corrected chi connectivity index (χ2v) is 6.76. The van der Waals surface area contributed by atoms with E-state index in [1.165, 1.54) is 25.3 Å². The monoisotopic (exact) mass is 416 g/mol. The first-order chi connectivity index (χ1) is 14.5. The number of nitrogens with zero attached hydrogens (tertiary/aromatic N) is 1. The first-order valence-corrected chi connectivity index (χ1v) is 9.53. The van der Waals surface area contributed by atoms with Crippen molar-refractivity contribution < 1.29 is 28.7 Å². The summed E-state index contributed by atoms with van der Waals surface area (Å²) in [5, 5.41) is 13.7. The molecule has 160 valence electrons. The predicted molar refractivity (Wildman–Crippen MR) is 108 cm³/mol. The molecule has 3 rings (SSSR count). The van der Waals surface area contributed by atoms with Crippen molar-refractivity contribution in [3.05, 3.63) is 57.6 Å². The molecule has 2 aromatic rings. The van der Waals surface area contributed by atoms with E-state index in [4.69, 9.17) is 18.9 Å². The van der Waals surface area contributed by atoms with Crippen LogP contribution in [0.1, 0.15) is 28.8 Å². The van der Waals surface area contributed by atoms with Gasteiger partial charge in [0.25, 0.3) is 11.6 Å². The topological polar surface area (TPSA) is 109 Å². The van der Waals surface area contributed by atoms with E-state index in [0.717, 1.165) is 25.0 Å². The number of nitrogens with one attached hydrogen (secondary N) is 1. The van der Waals surface area contributed by atoms with Crippen molar-refractivity contribution in [3.8, 4) is 17.2 Å². The summed E-state index contributed by atoms with van der Waals surface area (Å²) in [4.78, 5) is 23.0. The van der Waals surface area contributed by atoms with E-state index in [1.54, 1.807) is 19.2 Å². The van der Waals surface area contributed by atoms with E-state index in [-0.39, 0.29) is 29.6 Å². The number of nitro benzene ring substituents is 1. The van der Waals surface area contributed by atoms with Crippen LogP contribution in [0.5, 0.6) is 17.2 Å². The lowest BCUT2D eigenvalue weighted by Gasteiger charge is -2.15. The molecule has 1 unspecified atom stereocenters. The Balaban J connectivity index is 1.65. The lowest BCUT2D eigenvalue weighted by atomic mass is 10.1. The van der Waals surface area contributed by atoms with Crippen LogP contribution in [0.4, 0.5) is 5.69 Å². The Morgan fingerprint density at radius 2 is 1.93 bits per heavy atom. The molecule has 1 amide bonds. The van der Waals surface area contributed by atoms with E-state index in [2.05, 4.69) is 5.32 Å². The van der Waals surface area contributed by atoms with E-state index < -0.39 is 10.8 Å². The first kappa shape index (κ1) is 21.4.